The number of carboxylic acid groups (broad SMARTS) is 4. The van der Waals surface area contributed by atoms with E-state index < -0.39 is 52.6 Å². The third-order valence-corrected chi connectivity index (χ3v) is 7.21. The average molecular weight is 715 g/mol. The molecule has 1 amide bonds. The summed E-state index contributed by atoms with van der Waals surface area (Å²) in [5.74, 6) is -1.07. The molecule has 0 spiro atoms. The van der Waals surface area contributed by atoms with Crippen LogP contribution in [-0.2, 0) is 15.7 Å². The van der Waals surface area contributed by atoms with E-state index >= 15 is 0 Å². The average Bonchev–Trinajstić information content (AvgIpc) is 3.43. The second kappa shape index (κ2) is 15.8. The van der Waals surface area contributed by atoms with Crippen molar-refractivity contribution < 1.29 is 57.5 Å². The van der Waals surface area contributed by atoms with Gasteiger partial charge in [-0.05, 0) is 60.8 Å². The zero-order valence-electron chi connectivity index (χ0n) is 28.4. The first-order valence-electron chi connectivity index (χ1n) is 15.4. The number of ether oxygens (including phenoxy) is 2. The number of hydrogen-bond acceptors (Lipinski definition) is 11. The maximum atomic E-state index is 14.6. The number of morpholine rings is 1. The van der Waals surface area contributed by atoms with Crippen molar-refractivity contribution in [2.45, 2.75) is 84.3 Å². The normalized spacial score (nSPS) is 16.8. The predicted octanol–water partition coefficient (Wildman–Crippen LogP) is 5.32. The molecule has 0 bridgehead atoms. The van der Waals surface area contributed by atoms with Gasteiger partial charge >= 0.3 is 18.5 Å². The molecule has 0 radical (unpaired) electrons. The minimum atomic E-state index is -4.91. The Labute approximate surface area is 284 Å². The van der Waals surface area contributed by atoms with Gasteiger partial charge in [0.1, 0.15) is 6.23 Å². The molecule has 0 aliphatic carbocycles. The van der Waals surface area contributed by atoms with Crippen molar-refractivity contribution >= 4 is 35.2 Å². The number of anilines is 1. The predicted molar refractivity (Wildman–Crippen MR) is 170 cm³/mol. The van der Waals surface area contributed by atoms with Gasteiger partial charge < -0.3 is 39.7 Å². The summed E-state index contributed by atoms with van der Waals surface area (Å²) in [5.41, 5.74) is -2.29. The summed E-state index contributed by atoms with van der Waals surface area (Å²) in [4.78, 5) is 55.7. The fraction of sp³-hybridized carbons (Fsp3) is 0.600. The van der Waals surface area contributed by atoms with Crippen molar-refractivity contribution in [2.75, 3.05) is 37.8 Å². The Bertz CT molecular complexity index is 1630. The van der Waals surface area contributed by atoms with E-state index in [0.717, 1.165) is 25.5 Å². The molecule has 4 N–H and O–H groups in total. The highest BCUT2D eigenvalue weighted by molar-refractivity contribution is 5.92. The molecule has 2 aliphatic heterocycles. The Morgan fingerprint density at radius 2 is 1.44 bits per heavy atom. The SMILES string of the molecule is CC(C)(C)N(C(=O)c1ncc(-c2nc(N3CCOCC3)c3ncn(C4CCCCO4)c3n2)c(C(F)(F)F)n1)C(C)(C)C.O=C(O)O.O=C(O)O. The molecule has 2 saturated heterocycles. The Morgan fingerprint density at radius 3 is 1.94 bits per heavy atom. The Balaban J connectivity index is 0.000000764. The van der Waals surface area contributed by atoms with E-state index in [1.54, 1.807) is 10.9 Å². The van der Waals surface area contributed by atoms with Gasteiger partial charge in [0.05, 0.1) is 25.1 Å². The summed E-state index contributed by atoms with van der Waals surface area (Å²) in [6.45, 7) is 13.3. The van der Waals surface area contributed by atoms with Gasteiger partial charge in [-0.2, -0.15) is 13.2 Å². The van der Waals surface area contributed by atoms with Crippen molar-refractivity contribution in [1.82, 2.24) is 34.4 Å². The molecule has 3 aromatic rings. The van der Waals surface area contributed by atoms with E-state index in [-0.39, 0.29) is 12.1 Å². The smallest absolute Gasteiger partial charge is 0.450 e. The third kappa shape index (κ3) is 10.1. The van der Waals surface area contributed by atoms with Crippen LogP contribution in [-0.4, -0.2) is 117 Å². The van der Waals surface area contributed by atoms with Crippen LogP contribution >= 0.6 is 0 Å². The van der Waals surface area contributed by atoms with E-state index in [1.165, 1.54) is 4.90 Å². The number of alkyl halides is 3. The van der Waals surface area contributed by atoms with Gasteiger partial charge in [-0.15, -0.1) is 0 Å². The van der Waals surface area contributed by atoms with Crippen molar-refractivity contribution in [1.29, 1.82) is 0 Å². The molecule has 0 aromatic carbocycles. The molecular formula is C30H41F3N8O9. The lowest BCUT2D eigenvalue weighted by atomic mass is 9.95. The minimum Gasteiger partial charge on any atom is -0.450 e. The maximum absolute atomic E-state index is 14.6. The monoisotopic (exact) mass is 714 g/mol. The number of fused-ring (bicyclic) bond motifs is 1. The number of imidazole rings is 1. The van der Waals surface area contributed by atoms with E-state index in [0.29, 0.717) is 49.9 Å². The zero-order valence-corrected chi connectivity index (χ0v) is 28.4. The number of carbonyl (C=O) groups excluding carboxylic acids is 1. The van der Waals surface area contributed by atoms with Gasteiger partial charge in [0.15, 0.2) is 28.5 Å². The largest absolute Gasteiger partial charge is 0.503 e. The van der Waals surface area contributed by atoms with Crippen molar-refractivity contribution in [2.24, 2.45) is 0 Å². The summed E-state index contributed by atoms with van der Waals surface area (Å²) in [7, 11) is 0. The van der Waals surface area contributed by atoms with Crippen LogP contribution in [0.4, 0.5) is 28.6 Å². The molecule has 0 saturated carbocycles. The molecule has 17 nitrogen and oxygen atoms in total. The van der Waals surface area contributed by atoms with Gasteiger partial charge in [0, 0.05) is 37.0 Å². The highest BCUT2D eigenvalue weighted by Crippen LogP contribution is 2.37. The van der Waals surface area contributed by atoms with Crippen LogP contribution in [0.25, 0.3) is 22.6 Å². The van der Waals surface area contributed by atoms with Crippen LogP contribution in [0.2, 0.25) is 0 Å². The summed E-state index contributed by atoms with van der Waals surface area (Å²) in [6.07, 6.45) is -3.73. The van der Waals surface area contributed by atoms with Crippen molar-refractivity contribution in [3.8, 4) is 11.4 Å². The topological polar surface area (TPSA) is 226 Å². The lowest BCUT2D eigenvalue weighted by Gasteiger charge is -2.45. The number of hydrogen-bond donors (Lipinski definition) is 4. The van der Waals surface area contributed by atoms with Crippen LogP contribution in [0.3, 0.4) is 0 Å². The first-order chi connectivity index (χ1) is 23.1. The molecule has 1 atom stereocenters. The molecule has 50 heavy (non-hydrogen) atoms. The number of rotatable bonds is 4. The van der Waals surface area contributed by atoms with Gasteiger partial charge in [-0.3, -0.25) is 9.36 Å². The van der Waals surface area contributed by atoms with Gasteiger partial charge in [0.25, 0.3) is 5.91 Å². The summed E-state index contributed by atoms with van der Waals surface area (Å²) < 4.78 is 56.9. The molecule has 2 fully saturated rings. The summed E-state index contributed by atoms with van der Waals surface area (Å²) in [5, 5.41) is 27.9. The molecule has 5 heterocycles. The van der Waals surface area contributed by atoms with E-state index in [1.807, 2.05) is 46.4 Å². The Hall–Kier alpha value is -4.85. The van der Waals surface area contributed by atoms with E-state index in [9.17, 15) is 18.0 Å². The third-order valence-electron chi connectivity index (χ3n) is 7.21. The fourth-order valence-corrected chi connectivity index (χ4v) is 5.75. The van der Waals surface area contributed by atoms with E-state index in [4.69, 9.17) is 39.5 Å². The van der Waals surface area contributed by atoms with Crippen LogP contribution in [0.15, 0.2) is 12.5 Å². The van der Waals surface area contributed by atoms with Gasteiger partial charge in [-0.1, -0.05) is 0 Å². The van der Waals surface area contributed by atoms with Crippen molar-refractivity contribution in [3.63, 3.8) is 0 Å². The second-order valence-corrected chi connectivity index (χ2v) is 13.1. The zero-order chi connectivity index (χ0) is 37.6. The molecule has 2 aliphatic rings. The highest BCUT2D eigenvalue weighted by Gasteiger charge is 2.41. The lowest BCUT2D eigenvalue weighted by molar-refractivity contribution is -0.140. The Morgan fingerprint density at radius 1 is 0.860 bits per heavy atom. The van der Waals surface area contributed by atoms with Crippen LogP contribution in [0.1, 0.15) is 83.3 Å². The minimum absolute atomic E-state index is 0.212. The molecule has 20 heteroatoms. The summed E-state index contributed by atoms with van der Waals surface area (Å²) >= 11 is 0. The van der Waals surface area contributed by atoms with Gasteiger partial charge in [-0.25, -0.2) is 34.5 Å². The Kier molecular flexibility index (Phi) is 12.5. The van der Waals surface area contributed by atoms with Gasteiger partial charge in [0.2, 0.25) is 5.82 Å². The summed E-state index contributed by atoms with van der Waals surface area (Å²) in [6, 6.07) is 0. The van der Waals surface area contributed by atoms with Crippen LogP contribution < -0.4 is 4.90 Å². The van der Waals surface area contributed by atoms with Crippen molar-refractivity contribution in [3.05, 3.63) is 24.0 Å². The molecule has 5 rings (SSSR count). The lowest BCUT2D eigenvalue weighted by Crippen LogP contribution is -2.56. The second-order valence-electron chi connectivity index (χ2n) is 13.1. The maximum Gasteiger partial charge on any atom is 0.503 e. The number of aromatic nitrogens is 6. The highest BCUT2D eigenvalue weighted by atomic mass is 19.4. The fourth-order valence-electron chi connectivity index (χ4n) is 5.75. The number of nitrogens with zero attached hydrogens (tertiary/aromatic N) is 8. The van der Waals surface area contributed by atoms with E-state index in [2.05, 4.69) is 24.9 Å². The molecule has 1 unspecified atom stereocenters. The molecular weight excluding hydrogens is 673 g/mol. The number of carbonyl (C=O) groups is 3. The first kappa shape index (κ1) is 39.6. The molecule has 3 aromatic heterocycles. The quantitative estimate of drug-likeness (QED) is 0.268. The standard InChI is InChI=1S/C28H37F3N8O3.2CH2O3/c1-26(2,3)39(27(4,5)6)25(40)22-32-15-17(20(34-22)28(29,30)31)21-35-23(37-10-13-41-14-11-37)19-24(36-21)38(16-33-19)18-9-7-8-12-42-18;2*2-1(3)4/h15-16,18H,7-14H2,1-6H3;2*(H2,2,3,4). The molecule has 276 valence electrons. The van der Waals surface area contributed by atoms with Crippen LogP contribution in [0, 0.1) is 0 Å². The number of halogens is 3. The van der Waals surface area contributed by atoms with Crippen LogP contribution in [0.5, 0.6) is 0 Å². The number of amides is 1. The first-order valence-corrected chi connectivity index (χ1v) is 15.4.